The van der Waals surface area contributed by atoms with Gasteiger partial charge in [0.05, 0.1) is 24.2 Å². The number of H-pyrrole nitrogens is 1. The topological polar surface area (TPSA) is 101 Å². The van der Waals surface area contributed by atoms with Crippen LogP contribution in [0, 0.1) is 0 Å². The Balaban J connectivity index is 1.35. The number of nitrogens with one attached hydrogen (secondary N) is 1. The number of pyridine rings is 2. The number of carbonyl (C=O) groups is 1. The van der Waals surface area contributed by atoms with Crippen molar-refractivity contribution >= 4 is 5.97 Å². The van der Waals surface area contributed by atoms with E-state index in [0.717, 1.165) is 48.5 Å². The average Bonchev–Trinajstić information content (AvgIpc) is 3.20. The quantitative estimate of drug-likeness (QED) is 0.573. The molecular weight excluding hydrogens is 332 g/mol. The number of aromatic nitrogens is 4. The maximum Gasteiger partial charge on any atom is 0.354 e. The fourth-order valence-electron chi connectivity index (χ4n) is 2.54. The van der Waals surface area contributed by atoms with Crippen molar-refractivity contribution in [3.05, 3.63) is 60.2 Å². The van der Waals surface area contributed by atoms with Gasteiger partial charge in [0, 0.05) is 11.9 Å². The van der Waals surface area contributed by atoms with Crippen molar-refractivity contribution in [2.24, 2.45) is 0 Å². The van der Waals surface area contributed by atoms with Crippen LogP contribution in [-0.2, 0) is 6.42 Å². The molecule has 0 radical (unpaired) electrons. The van der Waals surface area contributed by atoms with Gasteiger partial charge in [-0.3, -0.25) is 10.1 Å². The molecule has 2 N–H and O–H groups in total. The van der Waals surface area contributed by atoms with Crippen molar-refractivity contribution in [2.75, 3.05) is 6.61 Å². The Hall–Kier alpha value is -3.22. The van der Waals surface area contributed by atoms with Gasteiger partial charge in [-0.2, -0.15) is 5.10 Å². The van der Waals surface area contributed by atoms with E-state index in [-0.39, 0.29) is 5.69 Å². The Morgan fingerprint density at radius 3 is 2.77 bits per heavy atom. The van der Waals surface area contributed by atoms with Crippen LogP contribution in [0.25, 0.3) is 11.4 Å². The first-order chi connectivity index (χ1) is 12.7. The fraction of sp³-hybridized carbons (Fsp3) is 0.263. The molecule has 3 aromatic heterocycles. The Kier molecular flexibility index (Phi) is 5.92. The first-order valence-corrected chi connectivity index (χ1v) is 8.50. The predicted octanol–water partition coefficient (Wildman–Crippen LogP) is 3.36. The van der Waals surface area contributed by atoms with Crippen molar-refractivity contribution < 1.29 is 14.6 Å². The number of aryl methyl sites for hydroxylation is 1. The maximum absolute atomic E-state index is 10.9. The minimum Gasteiger partial charge on any atom is -0.492 e. The molecule has 0 aliphatic rings. The molecule has 26 heavy (non-hydrogen) atoms. The summed E-state index contributed by atoms with van der Waals surface area (Å²) in [4.78, 5) is 19.4. The zero-order valence-electron chi connectivity index (χ0n) is 14.3. The number of hydrogen-bond donors (Lipinski definition) is 2. The molecule has 3 heterocycles. The van der Waals surface area contributed by atoms with Gasteiger partial charge in [-0.05, 0) is 56.0 Å². The van der Waals surface area contributed by atoms with Gasteiger partial charge < -0.3 is 9.84 Å². The van der Waals surface area contributed by atoms with E-state index in [9.17, 15) is 4.79 Å². The Bertz CT molecular complexity index is 832. The molecule has 3 aromatic rings. The minimum absolute atomic E-state index is 0.0944. The van der Waals surface area contributed by atoms with Crippen LogP contribution in [0.15, 0.2) is 48.8 Å². The van der Waals surface area contributed by atoms with Gasteiger partial charge in [0.2, 0.25) is 0 Å². The van der Waals surface area contributed by atoms with E-state index in [1.807, 2.05) is 24.3 Å². The summed E-state index contributed by atoms with van der Waals surface area (Å²) in [6.45, 7) is 0.619. The molecule has 0 aliphatic carbocycles. The Labute approximate surface area is 151 Å². The van der Waals surface area contributed by atoms with E-state index in [1.54, 1.807) is 18.5 Å². The summed E-state index contributed by atoms with van der Waals surface area (Å²) >= 11 is 0. The number of rotatable bonds is 9. The van der Waals surface area contributed by atoms with Crippen molar-refractivity contribution in [1.29, 1.82) is 0 Å². The minimum atomic E-state index is -0.993. The average molecular weight is 352 g/mol. The second-order valence-electron chi connectivity index (χ2n) is 5.83. The normalized spacial score (nSPS) is 10.6. The van der Waals surface area contributed by atoms with Gasteiger partial charge >= 0.3 is 5.97 Å². The van der Waals surface area contributed by atoms with Crippen molar-refractivity contribution in [3.63, 3.8) is 0 Å². The maximum atomic E-state index is 10.9. The van der Waals surface area contributed by atoms with Gasteiger partial charge in [-0.15, -0.1) is 0 Å². The van der Waals surface area contributed by atoms with Gasteiger partial charge in [0.1, 0.15) is 11.4 Å². The molecule has 0 fully saturated rings. The van der Waals surface area contributed by atoms with Gasteiger partial charge in [0.15, 0.2) is 0 Å². The number of carboxylic acid groups (broad SMARTS) is 1. The summed E-state index contributed by atoms with van der Waals surface area (Å²) in [6, 6.07) is 10.7. The number of aromatic amines is 1. The number of carboxylic acids is 1. The zero-order chi connectivity index (χ0) is 18.2. The molecule has 134 valence electrons. The summed E-state index contributed by atoms with van der Waals surface area (Å²) < 4.78 is 5.70. The molecule has 0 saturated carbocycles. The first kappa shape index (κ1) is 17.6. The number of nitrogens with zero attached hydrogens (tertiary/aromatic N) is 3. The fourth-order valence-corrected chi connectivity index (χ4v) is 2.54. The van der Waals surface area contributed by atoms with Crippen LogP contribution in [0.5, 0.6) is 5.75 Å². The number of hydrogen-bond acceptors (Lipinski definition) is 5. The summed E-state index contributed by atoms with van der Waals surface area (Å²) in [7, 11) is 0. The third-order valence-electron chi connectivity index (χ3n) is 3.88. The van der Waals surface area contributed by atoms with Crippen LogP contribution >= 0.6 is 0 Å². The lowest BCUT2D eigenvalue weighted by Crippen LogP contribution is -2.03. The van der Waals surface area contributed by atoms with E-state index in [1.165, 1.54) is 6.07 Å². The summed E-state index contributed by atoms with van der Waals surface area (Å²) in [5, 5.41) is 15.7. The highest BCUT2D eigenvalue weighted by Gasteiger charge is 2.05. The molecule has 0 spiro atoms. The lowest BCUT2D eigenvalue weighted by Gasteiger charge is -2.06. The molecule has 0 aromatic carbocycles. The summed E-state index contributed by atoms with van der Waals surface area (Å²) in [5.41, 5.74) is 2.60. The SMILES string of the molecule is O=C(O)c1cccc(CCCCCOc2ccc(-c3ccn[nH]3)nc2)n1. The largest absolute Gasteiger partial charge is 0.492 e. The van der Waals surface area contributed by atoms with Gasteiger partial charge in [-0.1, -0.05) is 6.07 Å². The molecule has 0 amide bonds. The lowest BCUT2D eigenvalue weighted by molar-refractivity contribution is 0.0690. The van der Waals surface area contributed by atoms with Crippen LogP contribution in [0.4, 0.5) is 0 Å². The number of ether oxygens (including phenoxy) is 1. The third kappa shape index (κ3) is 4.89. The lowest BCUT2D eigenvalue weighted by atomic mass is 10.1. The van der Waals surface area contributed by atoms with Crippen LogP contribution in [0.2, 0.25) is 0 Å². The van der Waals surface area contributed by atoms with E-state index in [4.69, 9.17) is 9.84 Å². The van der Waals surface area contributed by atoms with Crippen LogP contribution in [0.1, 0.15) is 35.4 Å². The summed E-state index contributed by atoms with van der Waals surface area (Å²) in [6.07, 6.45) is 7.00. The van der Waals surface area contributed by atoms with E-state index >= 15 is 0 Å². The smallest absolute Gasteiger partial charge is 0.354 e. The number of aromatic carboxylic acids is 1. The highest BCUT2D eigenvalue weighted by atomic mass is 16.5. The first-order valence-electron chi connectivity index (χ1n) is 8.50. The molecule has 0 unspecified atom stereocenters. The monoisotopic (exact) mass is 352 g/mol. The molecular formula is C19H20N4O3. The highest BCUT2D eigenvalue weighted by Crippen LogP contribution is 2.17. The van der Waals surface area contributed by atoms with E-state index in [0.29, 0.717) is 6.61 Å². The second-order valence-corrected chi connectivity index (χ2v) is 5.83. The standard InChI is InChI=1S/C19H20N4O3/c24-19(25)18-7-4-6-14(22-18)5-2-1-3-12-26-15-8-9-16(20-13-15)17-10-11-21-23-17/h4,6-11,13H,1-3,5,12H2,(H,21,23)(H,24,25). The summed E-state index contributed by atoms with van der Waals surface area (Å²) in [5.74, 6) is -0.253. The molecule has 3 rings (SSSR count). The third-order valence-corrected chi connectivity index (χ3v) is 3.88. The molecule has 7 nitrogen and oxygen atoms in total. The Morgan fingerprint density at radius 1 is 1.12 bits per heavy atom. The molecule has 7 heteroatoms. The van der Waals surface area contributed by atoms with Crippen LogP contribution in [-0.4, -0.2) is 37.8 Å². The molecule has 0 aliphatic heterocycles. The molecule has 0 saturated heterocycles. The van der Waals surface area contributed by atoms with E-state index in [2.05, 4.69) is 20.2 Å². The number of unbranched alkanes of at least 4 members (excludes halogenated alkanes) is 2. The van der Waals surface area contributed by atoms with Crippen molar-refractivity contribution in [2.45, 2.75) is 25.7 Å². The highest BCUT2D eigenvalue weighted by molar-refractivity contribution is 5.85. The van der Waals surface area contributed by atoms with Crippen molar-refractivity contribution in [3.8, 4) is 17.1 Å². The molecule has 0 bridgehead atoms. The van der Waals surface area contributed by atoms with Crippen molar-refractivity contribution in [1.82, 2.24) is 20.2 Å². The van der Waals surface area contributed by atoms with E-state index < -0.39 is 5.97 Å². The molecule has 0 atom stereocenters. The second kappa shape index (κ2) is 8.75. The predicted molar refractivity (Wildman–Crippen MR) is 96.1 cm³/mol. The van der Waals surface area contributed by atoms with Crippen LogP contribution < -0.4 is 4.74 Å². The van der Waals surface area contributed by atoms with Crippen LogP contribution in [0.3, 0.4) is 0 Å². The Morgan fingerprint density at radius 2 is 2.04 bits per heavy atom. The zero-order valence-corrected chi connectivity index (χ0v) is 14.3. The van der Waals surface area contributed by atoms with Gasteiger partial charge in [0.25, 0.3) is 0 Å². The van der Waals surface area contributed by atoms with Gasteiger partial charge in [-0.25, -0.2) is 9.78 Å².